The van der Waals surface area contributed by atoms with Gasteiger partial charge in [0.1, 0.15) is 6.61 Å². The molecular weight excluding hydrogens is 345 g/mol. The maximum atomic E-state index is 11.9. The van der Waals surface area contributed by atoms with Crippen molar-refractivity contribution in [3.05, 3.63) is 29.3 Å². The second-order valence-corrected chi connectivity index (χ2v) is 8.32. The summed E-state index contributed by atoms with van der Waals surface area (Å²) in [6, 6.07) is 5.61. The third kappa shape index (κ3) is 7.65. The van der Waals surface area contributed by atoms with Crippen LogP contribution in [-0.2, 0) is 19.1 Å². The number of sulfonamides is 1. The Balaban J connectivity index is 2.30. The van der Waals surface area contributed by atoms with Crippen LogP contribution < -0.4 is 4.49 Å². The van der Waals surface area contributed by atoms with Crippen molar-refractivity contribution >= 4 is 29.8 Å². The summed E-state index contributed by atoms with van der Waals surface area (Å²) in [6.45, 7) is 2.44. The first-order valence-corrected chi connectivity index (χ1v) is 10.4. The van der Waals surface area contributed by atoms with Crippen molar-refractivity contribution in [3.63, 3.8) is 0 Å². The van der Waals surface area contributed by atoms with Crippen LogP contribution in [0.3, 0.4) is 0 Å². The summed E-state index contributed by atoms with van der Waals surface area (Å²) in [5.41, 5.74) is 0. The summed E-state index contributed by atoms with van der Waals surface area (Å²) in [5.74, 6) is 0. The van der Waals surface area contributed by atoms with Gasteiger partial charge in [-0.2, -0.15) is 0 Å². The van der Waals surface area contributed by atoms with Gasteiger partial charge in [-0.1, -0.05) is 50.6 Å². The van der Waals surface area contributed by atoms with Crippen LogP contribution in [0.4, 0.5) is 0 Å². The molecule has 0 fully saturated rings. The highest BCUT2D eigenvalue weighted by Crippen LogP contribution is 2.23. The van der Waals surface area contributed by atoms with Crippen LogP contribution in [0.25, 0.3) is 0 Å². The first kappa shape index (κ1) is 19.5. The topological polar surface area (TPSA) is 72.5 Å². The molecule has 0 saturated carbocycles. The second kappa shape index (κ2) is 10.3. The first-order valence-electron chi connectivity index (χ1n) is 7.34. The molecule has 1 atom stereocenters. The number of rotatable bonds is 11. The monoisotopic (exact) mass is 366 g/mol. The number of benzene rings is 1. The highest BCUT2D eigenvalue weighted by molar-refractivity contribution is 7.93. The van der Waals surface area contributed by atoms with Crippen LogP contribution in [0.15, 0.2) is 29.2 Å². The van der Waals surface area contributed by atoms with E-state index in [0.717, 1.165) is 19.3 Å². The van der Waals surface area contributed by atoms with E-state index in [9.17, 15) is 13.0 Å². The lowest BCUT2D eigenvalue weighted by Gasteiger charge is -1.99. The number of hydrogen-bond donors (Lipinski definition) is 1. The summed E-state index contributed by atoms with van der Waals surface area (Å²) in [7, 11) is -6.30. The fraction of sp³-hybridized carbons (Fsp3) is 0.571. The minimum atomic E-state index is -3.85. The fourth-order valence-corrected chi connectivity index (χ4v) is 4.15. The molecule has 0 heterocycles. The summed E-state index contributed by atoms with van der Waals surface area (Å²) >= 11 is 5.70. The molecule has 1 rings (SSSR count). The van der Waals surface area contributed by atoms with Crippen LogP contribution in [0.2, 0.25) is 5.02 Å². The van der Waals surface area contributed by atoms with Gasteiger partial charge in [0.05, 0.1) is 4.90 Å². The molecule has 1 N–H and O–H groups in total. The molecule has 1 unspecified atom stereocenters. The SMILES string of the molecule is CCCCCCCCO[P+](=O)NS(=O)(=O)c1ccc(Cl)cc1. The molecule has 5 nitrogen and oxygen atoms in total. The van der Waals surface area contributed by atoms with Gasteiger partial charge in [0.2, 0.25) is 0 Å². The normalized spacial score (nSPS) is 12.4. The van der Waals surface area contributed by atoms with Crippen LogP contribution in [0.1, 0.15) is 45.4 Å². The average Bonchev–Trinajstić information content (AvgIpc) is 2.46. The molecule has 0 aliphatic rings. The zero-order valence-electron chi connectivity index (χ0n) is 12.6. The molecule has 0 radical (unpaired) electrons. The molecule has 0 aliphatic carbocycles. The fourth-order valence-electron chi connectivity index (χ4n) is 1.82. The van der Waals surface area contributed by atoms with Gasteiger partial charge in [-0.05, 0) is 35.3 Å². The smallest absolute Gasteiger partial charge is 0.203 e. The molecule has 124 valence electrons. The molecule has 8 heteroatoms. The average molecular weight is 367 g/mol. The van der Waals surface area contributed by atoms with Gasteiger partial charge in [-0.3, -0.25) is 0 Å². The second-order valence-electron chi connectivity index (χ2n) is 4.91. The Morgan fingerprint density at radius 1 is 1.09 bits per heavy atom. The van der Waals surface area contributed by atoms with Crippen molar-refractivity contribution in [2.24, 2.45) is 0 Å². The van der Waals surface area contributed by atoms with Gasteiger partial charge < -0.3 is 0 Å². The van der Waals surface area contributed by atoms with Crippen LogP contribution >= 0.6 is 19.8 Å². The quantitative estimate of drug-likeness (QED) is 0.457. The van der Waals surface area contributed by atoms with Gasteiger partial charge in [0.25, 0.3) is 10.0 Å². The largest absolute Gasteiger partial charge is 0.628 e. The van der Waals surface area contributed by atoms with Crippen LogP contribution in [0, 0.1) is 0 Å². The minimum Gasteiger partial charge on any atom is -0.203 e. The van der Waals surface area contributed by atoms with E-state index in [0.29, 0.717) is 5.02 Å². The first-order chi connectivity index (χ1) is 10.5. The third-order valence-corrected chi connectivity index (χ3v) is 6.14. The Labute approximate surface area is 138 Å². The Morgan fingerprint density at radius 3 is 2.32 bits per heavy atom. The molecule has 1 aromatic rings. The van der Waals surface area contributed by atoms with E-state index in [-0.39, 0.29) is 11.5 Å². The molecule has 0 spiro atoms. The van der Waals surface area contributed by atoms with E-state index < -0.39 is 18.2 Å². The summed E-state index contributed by atoms with van der Waals surface area (Å²) in [5, 5.41) is 0.433. The van der Waals surface area contributed by atoms with E-state index in [4.69, 9.17) is 16.1 Å². The zero-order chi connectivity index (χ0) is 16.4. The van der Waals surface area contributed by atoms with E-state index in [1.807, 2.05) is 4.49 Å². The third-order valence-electron chi connectivity index (χ3n) is 3.03. The molecule has 0 bridgehead atoms. The van der Waals surface area contributed by atoms with E-state index >= 15 is 0 Å². The van der Waals surface area contributed by atoms with Crippen molar-refractivity contribution in [2.45, 2.75) is 50.3 Å². The molecule has 0 aliphatic heterocycles. The predicted molar refractivity (Wildman–Crippen MR) is 88.7 cm³/mol. The number of hydrogen-bond acceptors (Lipinski definition) is 4. The zero-order valence-corrected chi connectivity index (χ0v) is 15.1. The van der Waals surface area contributed by atoms with Gasteiger partial charge in [0, 0.05) is 9.52 Å². The van der Waals surface area contributed by atoms with E-state index in [1.54, 1.807) is 0 Å². The molecule has 1 aromatic carbocycles. The predicted octanol–water partition coefficient (Wildman–Crippen LogP) is 4.65. The van der Waals surface area contributed by atoms with E-state index in [1.165, 1.54) is 43.5 Å². The maximum Gasteiger partial charge on any atom is 0.628 e. The Morgan fingerprint density at radius 2 is 1.68 bits per heavy atom. The molecule has 0 amide bonds. The minimum absolute atomic E-state index is 0.00316. The Bertz CT molecular complexity index is 563. The van der Waals surface area contributed by atoms with Crippen molar-refractivity contribution in [1.29, 1.82) is 0 Å². The standard InChI is InChI=1S/C14H22ClNO4PS/c1-2-3-4-5-6-7-12-20-21(17)16-22(18,19)14-10-8-13(15)9-11-14/h8-11H,2-7,12H2,1H3,(H,16,17)/q+1. The Kier molecular flexibility index (Phi) is 9.13. The maximum absolute atomic E-state index is 11.9. The Hall–Kier alpha value is -0.520. The number of unbranched alkanes of at least 4 members (excludes halogenated alkanes) is 5. The summed E-state index contributed by atoms with van der Waals surface area (Å²) < 4.78 is 42.6. The van der Waals surface area contributed by atoms with Crippen LogP contribution in [0.5, 0.6) is 0 Å². The summed E-state index contributed by atoms with van der Waals surface area (Å²) in [4.78, 5) is 0.00316. The molecule has 0 aromatic heterocycles. The lowest BCUT2D eigenvalue weighted by molar-refractivity contribution is 0.314. The van der Waals surface area contributed by atoms with Crippen molar-refractivity contribution in [2.75, 3.05) is 6.61 Å². The van der Waals surface area contributed by atoms with E-state index in [2.05, 4.69) is 6.92 Å². The molecule has 22 heavy (non-hydrogen) atoms. The van der Waals surface area contributed by atoms with Gasteiger partial charge >= 0.3 is 8.18 Å². The lowest BCUT2D eigenvalue weighted by atomic mass is 10.1. The highest BCUT2D eigenvalue weighted by Gasteiger charge is 2.28. The molecule has 0 saturated heterocycles. The van der Waals surface area contributed by atoms with Gasteiger partial charge in [-0.15, -0.1) is 4.52 Å². The van der Waals surface area contributed by atoms with Crippen molar-refractivity contribution in [1.82, 2.24) is 4.49 Å². The highest BCUT2D eigenvalue weighted by atomic mass is 35.5. The van der Waals surface area contributed by atoms with Crippen LogP contribution in [-0.4, -0.2) is 15.0 Å². The van der Waals surface area contributed by atoms with Crippen molar-refractivity contribution in [3.8, 4) is 0 Å². The van der Waals surface area contributed by atoms with Crippen molar-refractivity contribution < 1.29 is 17.5 Å². The number of nitrogens with one attached hydrogen (secondary N) is 1. The number of halogens is 1. The van der Waals surface area contributed by atoms with Gasteiger partial charge in [-0.25, -0.2) is 8.42 Å². The lowest BCUT2D eigenvalue weighted by Crippen LogP contribution is -2.17. The summed E-state index contributed by atoms with van der Waals surface area (Å²) in [6.07, 6.45) is 6.47. The van der Waals surface area contributed by atoms with Gasteiger partial charge in [0.15, 0.2) is 0 Å². The molecular formula is C14H22ClNO4PS+.